The molecule has 0 heterocycles. The maximum absolute atomic E-state index is 5.97. The molecule has 118 valence electrons. The molecule has 2 rings (SSSR count). The van der Waals surface area contributed by atoms with Crippen LogP contribution in [0.15, 0.2) is 48.5 Å². The highest BCUT2D eigenvalue weighted by atomic mass is 35.5. The van der Waals surface area contributed by atoms with Gasteiger partial charge in [-0.25, -0.2) is 0 Å². The number of hydrogen-bond acceptors (Lipinski definition) is 2. The number of anilines is 1. The summed E-state index contributed by atoms with van der Waals surface area (Å²) >= 11 is 5.97. The van der Waals surface area contributed by atoms with Gasteiger partial charge in [0.15, 0.2) is 0 Å². The van der Waals surface area contributed by atoms with E-state index in [1.54, 1.807) is 7.11 Å². The molecule has 0 unspecified atom stereocenters. The molecule has 0 fully saturated rings. The van der Waals surface area contributed by atoms with Gasteiger partial charge in [0, 0.05) is 23.8 Å². The van der Waals surface area contributed by atoms with Crippen LogP contribution in [-0.2, 0) is 6.54 Å². The highest BCUT2D eigenvalue weighted by molar-refractivity contribution is 6.30. The van der Waals surface area contributed by atoms with Crippen molar-refractivity contribution in [3.8, 4) is 5.75 Å². The monoisotopic (exact) mass is 317 g/mol. The first-order chi connectivity index (χ1) is 10.7. The van der Waals surface area contributed by atoms with E-state index in [-0.39, 0.29) is 0 Å². The summed E-state index contributed by atoms with van der Waals surface area (Å²) in [6.07, 6.45) is 3.70. The van der Waals surface area contributed by atoms with Crippen LogP contribution in [0.3, 0.4) is 0 Å². The smallest absolute Gasteiger partial charge is 0.119 e. The SMILES string of the molecule is CCCCCN(Cc1ccc(Cl)cc1)c1ccc(OC)cc1. The van der Waals surface area contributed by atoms with Crippen LogP contribution in [0.5, 0.6) is 5.75 Å². The number of rotatable bonds is 8. The summed E-state index contributed by atoms with van der Waals surface area (Å²) in [6.45, 7) is 4.19. The maximum atomic E-state index is 5.97. The van der Waals surface area contributed by atoms with Crippen LogP contribution in [0.4, 0.5) is 5.69 Å². The lowest BCUT2D eigenvalue weighted by Crippen LogP contribution is -2.23. The molecule has 2 aromatic carbocycles. The lowest BCUT2D eigenvalue weighted by atomic mass is 10.1. The lowest BCUT2D eigenvalue weighted by molar-refractivity contribution is 0.415. The Morgan fingerprint density at radius 1 is 0.955 bits per heavy atom. The Labute approximate surface area is 138 Å². The fraction of sp³-hybridized carbons (Fsp3) is 0.368. The highest BCUT2D eigenvalue weighted by Gasteiger charge is 2.08. The van der Waals surface area contributed by atoms with E-state index < -0.39 is 0 Å². The zero-order valence-electron chi connectivity index (χ0n) is 13.4. The van der Waals surface area contributed by atoms with Crippen molar-refractivity contribution in [2.45, 2.75) is 32.7 Å². The minimum absolute atomic E-state index is 0.783. The normalized spacial score (nSPS) is 10.5. The summed E-state index contributed by atoms with van der Waals surface area (Å²) in [5, 5.41) is 0.783. The van der Waals surface area contributed by atoms with E-state index in [9.17, 15) is 0 Å². The fourth-order valence-corrected chi connectivity index (χ4v) is 2.58. The molecule has 0 aliphatic heterocycles. The van der Waals surface area contributed by atoms with Crippen molar-refractivity contribution in [2.24, 2.45) is 0 Å². The number of unbranched alkanes of at least 4 members (excludes halogenated alkanes) is 2. The molecule has 0 aliphatic rings. The molecule has 0 atom stereocenters. The predicted molar refractivity (Wildman–Crippen MR) is 95.0 cm³/mol. The summed E-state index contributed by atoms with van der Waals surface area (Å²) in [7, 11) is 1.70. The van der Waals surface area contributed by atoms with E-state index in [0.29, 0.717) is 0 Å². The largest absolute Gasteiger partial charge is 0.497 e. The maximum Gasteiger partial charge on any atom is 0.119 e. The summed E-state index contributed by atoms with van der Waals surface area (Å²) < 4.78 is 5.25. The van der Waals surface area contributed by atoms with Crippen LogP contribution in [-0.4, -0.2) is 13.7 Å². The van der Waals surface area contributed by atoms with Crippen LogP contribution in [0.2, 0.25) is 5.02 Å². The van der Waals surface area contributed by atoms with Crippen LogP contribution in [0, 0.1) is 0 Å². The Bertz CT molecular complexity index is 551. The van der Waals surface area contributed by atoms with Crippen LogP contribution >= 0.6 is 11.6 Å². The minimum atomic E-state index is 0.783. The third-order valence-corrected chi connectivity index (χ3v) is 4.01. The van der Waals surface area contributed by atoms with Crippen molar-refractivity contribution in [3.05, 3.63) is 59.1 Å². The molecule has 0 saturated heterocycles. The molecule has 0 spiro atoms. The standard InChI is InChI=1S/C19H24ClNO/c1-3-4-5-14-21(15-16-6-8-17(20)9-7-16)18-10-12-19(22-2)13-11-18/h6-13H,3-5,14-15H2,1-2H3. The zero-order chi connectivity index (χ0) is 15.8. The van der Waals surface area contributed by atoms with E-state index in [0.717, 1.165) is 23.9 Å². The van der Waals surface area contributed by atoms with Crippen molar-refractivity contribution in [3.63, 3.8) is 0 Å². The average Bonchev–Trinajstić information content (AvgIpc) is 2.56. The molecule has 0 aromatic heterocycles. The zero-order valence-corrected chi connectivity index (χ0v) is 14.1. The summed E-state index contributed by atoms with van der Waals surface area (Å²) in [6, 6.07) is 16.4. The number of ether oxygens (including phenoxy) is 1. The van der Waals surface area contributed by atoms with Gasteiger partial charge in [0.1, 0.15) is 5.75 Å². The molecule has 22 heavy (non-hydrogen) atoms. The Morgan fingerprint density at radius 3 is 2.23 bits per heavy atom. The number of methoxy groups -OCH3 is 1. The third-order valence-electron chi connectivity index (χ3n) is 3.76. The number of halogens is 1. The minimum Gasteiger partial charge on any atom is -0.497 e. The first-order valence-electron chi connectivity index (χ1n) is 7.86. The van der Waals surface area contributed by atoms with Crippen LogP contribution in [0.25, 0.3) is 0 Å². The Hall–Kier alpha value is -1.67. The third kappa shape index (κ3) is 4.96. The molecule has 0 saturated carbocycles. The Kier molecular flexibility index (Phi) is 6.60. The summed E-state index contributed by atoms with van der Waals surface area (Å²) in [5.74, 6) is 0.892. The predicted octanol–water partition coefficient (Wildman–Crippen LogP) is 5.55. The van der Waals surface area contributed by atoms with E-state index >= 15 is 0 Å². The van der Waals surface area contributed by atoms with Gasteiger partial charge in [-0.1, -0.05) is 43.5 Å². The second kappa shape index (κ2) is 8.70. The quantitative estimate of drug-likeness (QED) is 0.592. The molecule has 3 heteroatoms. The molecular formula is C19H24ClNO. The van der Waals surface area contributed by atoms with Gasteiger partial charge in [-0.3, -0.25) is 0 Å². The van der Waals surface area contributed by atoms with Gasteiger partial charge in [-0.15, -0.1) is 0 Å². The number of benzene rings is 2. The van der Waals surface area contributed by atoms with Gasteiger partial charge in [0.25, 0.3) is 0 Å². The van der Waals surface area contributed by atoms with E-state index in [2.05, 4.69) is 36.1 Å². The molecule has 0 bridgehead atoms. The summed E-state index contributed by atoms with van der Waals surface area (Å²) in [4.78, 5) is 2.42. The second-order valence-corrected chi connectivity index (χ2v) is 5.89. The topological polar surface area (TPSA) is 12.5 Å². The van der Waals surface area contributed by atoms with Crippen molar-refractivity contribution in [1.29, 1.82) is 0 Å². The Morgan fingerprint density at radius 2 is 1.64 bits per heavy atom. The first kappa shape index (κ1) is 16.7. The van der Waals surface area contributed by atoms with Crippen molar-refractivity contribution in [1.82, 2.24) is 0 Å². The molecule has 0 N–H and O–H groups in total. The fourth-order valence-electron chi connectivity index (χ4n) is 2.46. The van der Waals surface area contributed by atoms with E-state index in [1.807, 2.05) is 24.3 Å². The van der Waals surface area contributed by atoms with Gasteiger partial charge in [0.2, 0.25) is 0 Å². The lowest BCUT2D eigenvalue weighted by Gasteiger charge is -2.25. The van der Waals surface area contributed by atoms with E-state index in [4.69, 9.17) is 16.3 Å². The van der Waals surface area contributed by atoms with E-state index in [1.165, 1.54) is 30.5 Å². The van der Waals surface area contributed by atoms with Gasteiger partial charge in [-0.2, -0.15) is 0 Å². The van der Waals surface area contributed by atoms with Gasteiger partial charge in [-0.05, 0) is 48.4 Å². The molecule has 2 aromatic rings. The molecular weight excluding hydrogens is 294 g/mol. The summed E-state index contributed by atoms with van der Waals surface area (Å²) in [5.41, 5.74) is 2.50. The Balaban J connectivity index is 2.11. The first-order valence-corrected chi connectivity index (χ1v) is 8.24. The van der Waals surface area contributed by atoms with Crippen molar-refractivity contribution in [2.75, 3.05) is 18.6 Å². The van der Waals surface area contributed by atoms with Crippen LogP contribution in [0.1, 0.15) is 31.7 Å². The number of hydrogen-bond donors (Lipinski definition) is 0. The molecule has 0 amide bonds. The highest BCUT2D eigenvalue weighted by Crippen LogP contribution is 2.22. The molecule has 0 aliphatic carbocycles. The average molecular weight is 318 g/mol. The van der Waals surface area contributed by atoms with Crippen LogP contribution < -0.4 is 9.64 Å². The molecule has 2 nitrogen and oxygen atoms in total. The molecule has 0 radical (unpaired) electrons. The van der Waals surface area contributed by atoms with Crippen molar-refractivity contribution < 1.29 is 4.74 Å². The van der Waals surface area contributed by atoms with Gasteiger partial charge < -0.3 is 9.64 Å². The van der Waals surface area contributed by atoms with Gasteiger partial charge in [0.05, 0.1) is 7.11 Å². The van der Waals surface area contributed by atoms with Crippen molar-refractivity contribution >= 4 is 17.3 Å². The second-order valence-electron chi connectivity index (χ2n) is 5.45. The number of nitrogens with zero attached hydrogens (tertiary/aromatic N) is 1. The van der Waals surface area contributed by atoms with Gasteiger partial charge >= 0.3 is 0 Å².